The maximum atomic E-state index is 11.7. The van der Waals surface area contributed by atoms with E-state index < -0.39 is 5.97 Å². The Morgan fingerprint density at radius 2 is 1.58 bits per heavy atom. The fraction of sp³-hybridized carbons (Fsp3) is 0.500. The van der Waals surface area contributed by atoms with Crippen LogP contribution in [0, 0.1) is 5.92 Å². The summed E-state index contributed by atoms with van der Waals surface area (Å²) in [5.74, 6) is 1.50. The number of esters is 1. The standard InChI is InChI=1S/C30H40O3/c1-5-7-8-23(6-2)21-32-28-17-13-26(14-18-28)24-9-11-25(12-10-24)27-15-19-29(20-16-27)33-30(31)22(3)4/h9-12,15-16,19-20,23,26,28H,3,5-8,13-14,17-18,21H2,1-2,4H3. The SMILES string of the molecule is C=C(C)C(=O)Oc1ccc(-c2ccc(C3CCC(OCC(CC)CCCC)CC3)cc2)cc1. The Morgan fingerprint density at radius 1 is 0.970 bits per heavy atom. The van der Waals surface area contributed by atoms with E-state index in [1.807, 2.05) is 24.3 Å². The molecule has 0 aliphatic heterocycles. The molecule has 0 heterocycles. The minimum Gasteiger partial charge on any atom is -0.423 e. The number of ether oxygens (including phenoxy) is 2. The van der Waals surface area contributed by atoms with Gasteiger partial charge in [-0.1, -0.05) is 76.1 Å². The predicted molar refractivity (Wildman–Crippen MR) is 137 cm³/mol. The smallest absolute Gasteiger partial charge is 0.338 e. The summed E-state index contributed by atoms with van der Waals surface area (Å²) < 4.78 is 11.6. The van der Waals surface area contributed by atoms with Gasteiger partial charge >= 0.3 is 5.97 Å². The van der Waals surface area contributed by atoms with E-state index >= 15 is 0 Å². The van der Waals surface area contributed by atoms with E-state index in [0.717, 1.165) is 18.1 Å². The fourth-order valence-corrected chi connectivity index (χ4v) is 4.59. The third-order valence-electron chi connectivity index (χ3n) is 6.91. The topological polar surface area (TPSA) is 35.5 Å². The highest BCUT2D eigenvalue weighted by Gasteiger charge is 2.23. The quantitative estimate of drug-likeness (QED) is 0.198. The van der Waals surface area contributed by atoms with Crippen molar-refractivity contribution in [1.82, 2.24) is 0 Å². The van der Waals surface area contributed by atoms with Crippen LogP contribution in [0.3, 0.4) is 0 Å². The first-order valence-electron chi connectivity index (χ1n) is 12.7. The van der Waals surface area contributed by atoms with Crippen LogP contribution in [0.15, 0.2) is 60.7 Å². The van der Waals surface area contributed by atoms with Crippen molar-refractivity contribution in [1.29, 1.82) is 0 Å². The molecule has 3 heteroatoms. The normalized spacial score (nSPS) is 19.1. The number of rotatable bonds is 11. The fourth-order valence-electron chi connectivity index (χ4n) is 4.59. The number of unbranched alkanes of at least 4 members (excludes halogenated alkanes) is 1. The molecule has 0 spiro atoms. The average Bonchev–Trinajstić information content (AvgIpc) is 2.85. The van der Waals surface area contributed by atoms with Crippen LogP contribution in [0.5, 0.6) is 5.75 Å². The first kappa shape index (κ1) is 25.2. The highest BCUT2D eigenvalue weighted by Crippen LogP contribution is 2.35. The van der Waals surface area contributed by atoms with Crippen molar-refractivity contribution in [2.45, 2.75) is 84.2 Å². The highest BCUT2D eigenvalue weighted by molar-refractivity contribution is 5.88. The molecule has 0 N–H and O–H groups in total. The van der Waals surface area contributed by atoms with Gasteiger partial charge in [0.25, 0.3) is 0 Å². The lowest BCUT2D eigenvalue weighted by atomic mass is 9.82. The Bertz CT molecular complexity index is 874. The van der Waals surface area contributed by atoms with Gasteiger partial charge in [-0.3, -0.25) is 0 Å². The Balaban J connectivity index is 1.49. The molecule has 2 aromatic rings. The molecular formula is C30H40O3. The van der Waals surface area contributed by atoms with Crippen LogP contribution in [-0.4, -0.2) is 18.7 Å². The van der Waals surface area contributed by atoms with E-state index in [-0.39, 0.29) is 0 Å². The highest BCUT2D eigenvalue weighted by atomic mass is 16.5. The molecule has 3 rings (SSSR count). The van der Waals surface area contributed by atoms with Gasteiger partial charge in [-0.05, 0) is 79.7 Å². The van der Waals surface area contributed by atoms with Gasteiger partial charge in [0.1, 0.15) is 5.75 Å². The summed E-state index contributed by atoms with van der Waals surface area (Å²) in [5, 5.41) is 0. The molecule has 1 unspecified atom stereocenters. The number of carbonyl (C=O) groups excluding carboxylic acids is 1. The van der Waals surface area contributed by atoms with Crippen molar-refractivity contribution < 1.29 is 14.3 Å². The molecular weight excluding hydrogens is 408 g/mol. The lowest BCUT2D eigenvalue weighted by molar-refractivity contribution is -0.130. The molecule has 1 fully saturated rings. The van der Waals surface area contributed by atoms with Crippen molar-refractivity contribution in [2.24, 2.45) is 5.92 Å². The van der Waals surface area contributed by atoms with Gasteiger partial charge in [-0.15, -0.1) is 0 Å². The Kier molecular flexibility index (Phi) is 9.75. The van der Waals surface area contributed by atoms with Crippen LogP contribution < -0.4 is 4.74 Å². The zero-order chi connectivity index (χ0) is 23.6. The zero-order valence-corrected chi connectivity index (χ0v) is 20.6. The largest absolute Gasteiger partial charge is 0.423 e. The third-order valence-corrected chi connectivity index (χ3v) is 6.91. The molecule has 33 heavy (non-hydrogen) atoms. The molecule has 1 atom stereocenters. The maximum Gasteiger partial charge on any atom is 0.338 e. The van der Waals surface area contributed by atoms with E-state index in [0.29, 0.717) is 23.3 Å². The molecule has 0 bridgehead atoms. The summed E-state index contributed by atoms with van der Waals surface area (Å²) in [4.78, 5) is 11.7. The molecule has 1 aliphatic rings. The van der Waals surface area contributed by atoms with Gasteiger partial charge in [0.15, 0.2) is 0 Å². The first-order valence-corrected chi connectivity index (χ1v) is 12.7. The molecule has 1 saturated carbocycles. The van der Waals surface area contributed by atoms with Crippen molar-refractivity contribution in [2.75, 3.05) is 6.61 Å². The zero-order valence-electron chi connectivity index (χ0n) is 20.6. The molecule has 3 nitrogen and oxygen atoms in total. The van der Waals surface area contributed by atoms with Gasteiger partial charge in [0.2, 0.25) is 0 Å². The van der Waals surface area contributed by atoms with Crippen LogP contribution >= 0.6 is 0 Å². The number of hydrogen-bond donors (Lipinski definition) is 0. The van der Waals surface area contributed by atoms with Gasteiger partial charge in [-0.2, -0.15) is 0 Å². The van der Waals surface area contributed by atoms with Crippen LogP contribution in [-0.2, 0) is 9.53 Å². The van der Waals surface area contributed by atoms with Crippen molar-refractivity contribution in [3.8, 4) is 16.9 Å². The first-order chi connectivity index (χ1) is 16.0. The van der Waals surface area contributed by atoms with Crippen molar-refractivity contribution >= 4 is 5.97 Å². The van der Waals surface area contributed by atoms with E-state index in [1.54, 1.807) is 6.92 Å². The lowest BCUT2D eigenvalue weighted by Gasteiger charge is -2.30. The Hall–Kier alpha value is -2.39. The number of benzene rings is 2. The molecule has 0 radical (unpaired) electrons. The van der Waals surface area contributed by atoms with E-state index in [2.05, 4.69) is 44.7 Å². The summed E-state index contributed by atoms with van der Waals surface area (Å²) >= 11 is 0. The number of hydrogen-bond acceptors (Lipinski definition) is 3. The minimum atomic E-state index is -0.395. The lowest BCUT2D eigenvalue weighted by Crippen LogP contribution is -2.23. The summed E-state index contributed by atoms with van der Waals surface area (Å²) in [6.07, 6.45) is 10.3. The van der Waals surface area contributed by atoms with E-state index in [1.165, 1.54) is 62.5 Å². The predicted octanol–water partition coefficient (Wildman–Crippen LogP) is 8.09. The molecule has 178 valence electrons. The van der Waals surface area contributed by atoms with Crippen LogP contribution in [0.1, 0.15) is 83.6 Å². The summed E-state index contributed by atoms with van der Waals surface area (Å²) in [6, 6.07) is 16.6. The molecule has 1 aliphatic carbocycles. The minimum absolute atomic E-state index is 0.395. The van der Waals surface area contributed by atoms with Crippen LogP contribution in [0.25, 0.3) is 11.1 Å². The maximum absolute atomic E-state index is 11.7. The van der Waals surface area contributed by atoms with Gasteiger partial charge in [0, 0.05) is 12.2 Å². The average molecular weight is 449 g/mol. The Labute approximate surface area is 200 Å². The second-order valence-electron chi connectivity index (χ2n) is 9.54. The van der Waals surface area contributed by atoms with Crippen LogP contribution in [0.2, 0.25) is 0 Å². The third kappa shape index (κ3) is 7.57. The number of carbonyl (C=O) groups is 1. The van der Waals surface area contributed by atoms with E-state index in [9.17, 15) is 4.79 Å². The van der Waals surface area contributed by atoms with Gasteiger partial charge < -0.3 is 9.47 Å². The molecule has 0 amide bonds. The Morgan fingerprint density at radius 3 is 2.12 bits per heavy atom. The van der Waals surface area contributed by atoms with Crippen molar-refractivity contribution in [3.63, 3.8) is 0 Å². The van der Waals surface area contributed by atoms with Crippen LogP contribution in [0.4, 0.5) is 0 Å². The van der Waals surface area contributed by atoms with Gasteiger partial charge in [-0.25, -0.2) is 4.79 Å². The molecule has 0 saturated heterocycles. The van der Waals surface area contributed by atoms with E-state index in [4.69, 9.17) is 9.47 Å². The van der Waals surface area contributed by atoms with Crippen molar-refractivity contribution in [3.05, 3.63) is 66.2 Å². The summed E-state index contributed by atoms with van der Waals surface area (Å²) in [6.45, 7) is 10.8. The van der Waals surface area contributed by atoms with Gasteiger partial charge in [0.05, 0.1) is 6.10 Å². The monoisotopic (exact) mass is 448 g/mol. The molecule has 0 aromatic heterocycles. The second kappa shape index (κ2) is 12.7. The second-order valence-corrected chi connectivity index (χ2v) is 9.54. The summed E-state index contributed by atoms with van der Waals surface area (Å²) in [5.41, 5.74) is 4.11. The molecule has 2 aromatic carbocycles. The summed E-state index contributed by atoms with van der Waals surface area (Å²) in [7, 11) is 0.